The summed E-state index contributed by atoms with van der Waals surface area (Å²) >= 11 is 0. The Hall–Kier alpha value is -1.80. The van der Waals surface area contributed by atoms with E-state index in [1.54, 1.807) is 6.07 Å². The topological polar surface area (TPSA) is 46.5 Å². The maximum Gasteiger partial charge on any atom is 0.235 e. The maximum atomic E-state index is 12.9. The highest BCUT2D eigenvalue weighted by Crippen LogP contribution is 2.06. The van der Waals surface area contributed by atoms with E-state index in [2.05, 4.69) is 4.99 Å². The molecule has 13 heavy (non-hydrogen) atoms. The largest absolute Gasteiger partial charge is 0.292 e. The van der Waals surface area contributed by atoms with Crippen LogP contribution < -0.4 is 0 Å². The van der Waals surface area contributed by atoms with Gasteiger partial charge in [-0.1, -0.05) is 12.1 Å². The van der Waals surface area contributed by atoms with Crippen molar-refractivity contribution in [1.29, 1.82) is 0 Å². The van der Waals surface area contributed by atoms with Crippen molar-refractivity contribution in [3.05, 3.63) is 35.6 Å². The summed E-state index contributed by atoms with van der Waals surface area (Å²) in [4.78, 5) is 23.9. The monoisotopic (exact) mass is 179 g/mol. The van der Waals surface area contributed by atoms with E-state index in [1.807, 2.05) is 0 Å². The lowest BCUT2D eigenvalue weighted by atomic mass is 10.1. The van der Waals surface area contributed by atoms with Crippen molar-refractivity contribution >= 4 is 11.9 Å². The molecule has 0 amide bonds. The van der Waals surface area contributed by atoms with Gasteiger partial charge in [-0.2, -0.15) is 4.99 Å². The summed E-state index contributed by atoms with van der Waals surface area (Å²) in [5.74, 6) is -1.13. The summed E-state index contributed by atoms with van der Waals surface area (Å²) in [6.07, 6.45) is 1.22. The summed E-state index contributed by atoms with van der Waals surface area (Å²) in [6.45, 7) is -0.357. The van der Waals surface area contributed by atoms with Crippen molar-refractivity contribution in [1.82, 2.24) is 0 Å². The molecule has 0 unspecified atom stereocenters. The van der Waals surface area contributed by atoms with Crippen molar-refractivity contribution in [2.45, 2.75) is 0 Å². The number of halogens is 1. The number of aliphatic imine (C=N–C) groups is 1. The molecule has 0 heterocycles. The Bertz CT molecular complexity index is 370. The van der Waals surface area contributed by atoms with E-state index in [4.69, 9.17) is 0 Å². The van der Waals surface area contributed by atoms with Crippen molar-refractivity contribution < 1.29 is 14.0 Å². The minimum atomic E-state index is -0.603. The molecular weight excluding hydrogens is 173 g/mol. The first kappa shape index (κ1) is 9.29. The van der Waals surface area contributed by atoms with Crippen molar-refractivity contribution in [3.8, 4) is 0 Å². The summed E-state index contributed by atoms with van der Waals surface area (Å²) in [7, 11) is 0. The molecule has 0 atom stereocenters. The number of benzene rings is 1. The van der Waals surface area contributed by atoms with Crippen molar-refractivity contribution in [2.24, 2.45) is 4.99 Å². The molecular formula is C9H6FNO2. The van der Waals surface area contributed by atoms with Gasteiger partial charge in [-0.3, -0.25) is 4.79 Å². The van der Waals surface area contributed by atoms with Gasteiger partial charge in [0.05, 0.1) is 5.56 Å². The Kier molecular flexibility index (Phi) is 3.06. The summed E-state index contributed by atoms with van der Waals surface area (Å²) in [5.41, 5.74) is -0.0542. The molecule has 0 N–H and O–H groups in total. The third kappa shape index (κ3) is 2.32. The molecule has 0 spiro atoms. The van der Waals surface area contributed by atoms with E-state index in [0.717, 1.165) is 0 Å². The SMILES string of the molecule is O=C=NCC(=O)c1ccccc1F. The minimum Gasteiger partial charge on any atom is -0.292 e. The first-order valence-electron chi connectivity index (χ1n) is 3.57. The Morgan fingerprint density at radius 2 is 2.15 bits per heavy atom. The number of hydrogen-bond donors (Lipinski definition) is 0. The van der Waals surface area contributed by atoms with E-state index in [0.29, 0.717) is 0 Å². The third-order valence-electron chi connectivity index (χ3n) is 1.46. The summed E-state index contributed by atoms with van der Waals surface area (Å²) < 4.78 is 12.9. The standard InChI is InChI=1S/C9H6FNO2/c10-8-4-2-1-3-7(8)9(13)5-11-6-12/h1-4H,5H2. The molecule has 3 nitrogen and oxygen atoms in total. The van der Waals surface area contributed by atoms with Crippen LogP contribution >= 0.6 is 0 Å². The summed E-state index contributed by atoms with van der Waals surface area (Å²) in [6, 6.07) is 5.55. The number of hydrogen-bond acceptors (Lipinski definition) is 3. The predicted octanol–water partition coefficient (Wildman–Crippen LogP) is 1.34. The molecule has 0 aliphatic rings. The Labute approximate surface area is 73.9 Å². The predicted molar refractivity (Wildman–Crippen MR) is 43.7 cm³/mol. The van der Waals surface area contributed by atoms with Crippen LogP contribution in [0.25, 0.3) is 0 Å². The first-order valence-corrected chi connectivity index (χ1v) is 3.57. The van der Waals surface area contributed by atoms with Gasteiger partial charge in [0.25, 0.3) is 0 Å². The number of nitrogens with zero attached hydrogens (tertiary/aromatic N) is 1. The molecule has 0 saturated heterocycles. The van der Waals surface area contributed by atoms with E-state index < -0.39 is 11.6 Å². The van der Waals surface area contributed by atoms with Crippen LogP contribution in [0.15, 0.2) is 29.3 Å². The van der Waals surface area contributed by atoms with Crippen LogP contribution in [0.2, 0.25) is 0 Å². The van der Waals surface area contributed by atoms with Crippen LogP contribution in [0, 0.1) is 5.82 Å². The lowest BCUT2D eigenvalue weighted by Gasteiger charge is -1.97. The Morgan fingerprint density at radius 1 is 1.46 bits per heavy atom. The molecule has 0 saturated carbocycles. The fraction of sp³-hybridized carbons (Fsp3) is 0.111. The van der Waals surface area contributed by atoms with Crippen LogP contribution in [0.5, 0.6) is 0 Å². The average Bonchev–Trinajstić information content (AvgIpc) is 2.15. The molecule has 1 aromatic rings. The van der Waals surface area contributed by atoms with Gasteiger partial charge < -0.3 is 0 Å². The number of rotatable bonds is 3. The molecule has 0 aliphatic carbocycles. The van der Waals surface area contributed by atoms with Gasteiger partial charge in [-0.25, -0.2) is 9.18 Å². The van der Waals surface area contributed by atoms with Gasteiger partial charge >= 0.3 is 0 Å². The van der Waals surface area contributed by atoms with Crippen LogP contribution in [-0.4, -0.2) is 18.4 Å². The highest BCUT2D eigenvalue weighted by molar-refractivity contribution is 5.98. The molecule has 4 heteroatoms. The van der Waals surface area contributed by atoms with Gasteiger partial charge in [-0.15, -0.1) is 0 Å². The van der Waals surface area contributed by atoms with Crippen molar-refractivity contribution in [3.63, 3.8) is 0 Å². The van der Waals surface area contributed by atoms with Gasteiger partial charge in [-0.05, 0) is 12.1 Å². The number of ketones is 1. The zero-order chi connectivity index (χ0) is 9.68. The Balaban J connectivity index is 2.88. The lowest BCUT2D eigenvalue weighted by molar-refractivity contribution is 0.0998. The van der Waals surface area contributed by atoms with Gasteiger partial charge in [0.1, 0.15) is 12.4 Å². The van der Waals surface area contributed by atoms with E-state index >= 15 is 0 Å². The quantitative estimate of drug-likeness (QED) is 0.399. The fourth-order valence-electron chi connectivity index (χ4n) is 0.877. The Morgan fingerprint density at radius 3 is 2.77 bits per heavy atom. The van der Waals surface area contributed by atoms with Gasteiger partial charge in [0.2, 0.25) is 6.08 Å². The fourth-order valence-corrected chi connectivity index (χ4v) is 0.877. The second-order valence-electron chi connectivity index (χ2n) is 2.31. The number of Topliss-reactive ketones (excluding diaryl/α,β-unsaturated/α-hetero) is 1. The van der Waals surface area contributed by atoms with Crippen LogP contribution in [0.3, 0.4) is 0 Å². The number of isocyanates is 1. The molecule has 0 aromatic heterocycles. The normalized spacial score (nSPS) is 9.00. The van der Waals surface area contributed by atoms with E-state index in [9.17, 15) is 14.0 Å². The van der Waals surface area contributed by atoms with E-state index in [1.165, 1.54) is 24.3 Å². The van der Waals surface area contributed by atoms with Gasteiger partial charge in [0.15, 0.2) is 5.78 Å². The molecule has 0 bridgehead atoms. The second-order valence-corrected chi connectivity index (χ2v) is 2.31. The first-order chi connectivity index (χ1) is 6.25. The lowest BCUT2D eigenvalue weighted by Crippen LogP contribution is -2.05. The van der Waals surface area contributed by atoms with Crippen LogP contribution in [0.1, 0.15) is 10.4 Å². The summed E-state index contributed by atoms with van der Waals surface area (Å²) in [5, 5.41) is 0. The maximum absolute atomic E-state index is 12.9. The average molecular weight is 179 g/mol. The zero-order valence-corrected chi connectivity index (χ0v) is 6.66. The highest BCUT2D eigenvalue weighted by Gasteiger charge is 2.09. The van der Waals surface area contributed by atoms with E-state index in [-0.39, 0.29) is 12.1 Å². The molecule has 0 fully saturated rings. The van der Waals surface area contributed by atoms with Crippen LogP contribution in [0.4, 0.5) is 4.39 Å². The molecule has 1 aromatic carbocycles. The molecule has 66 valence electrons. The number of carbonyl (C=O) groups is 1. The molecule has 0 radical (unpaired) electrons. The smallest absolute Gasteiger partial charge is 0.235 e. The molecule has 1 rings (SSSR count). The third-order valence-corrected chi connectivity index (χ3v) is 1.46. The number of carbonyl (C=O) groups excluding carboxylic acids is 2. The van der Waals surface area contributed by atoms with Crippen molar-refractivity contribution in [2.75, 3.05) is 6.54 Å². The highest BCUT2D eigenvalue weighted by atomic mass is 19.1. The molecule has 0 aliphatic heterocycles. The zero-order valence-electron chi connectivity index (χ0n) is 6.66. The van der Waals surface area contributed by atoms with Crippen LogP contribution in [-0.2, 0) is 4.79 Å². The van der Waals surface area contributed by atoms with Gasteiger partial charge in [0, 0.05) is 0 Å². The minimum absolute atomic E-state index is 0.0542. The second kappa shape index (κ2) is 4.28.